The second-order valence-corrected chi connectivity index (χ2v) is 7.80. The van der Waals surface area contributed by atoms with Crippen LogP contribution in [0, 0.1) is 13.8 Å². The Morgan fingerprint density at radius 3 is 2.21 bits per heavy atom. The highest BCUT2D eigenvalue weighted by Crippen LogP contribution is 2.24. The molecule has 1 heterocycles. The lowest BCUT2D eigenvalue weighted by molar-refractivity contribution is -0.120. The number of hydrogen-bond acceptors (Lipinski definition) is 3. The van der Waals surface area contributed by atoms with Gasteiger partial charge in [0.05, 0.1) is 0 Å². The molecule has 0 bridgehead atoms. The largest absolute Gasteiger partial charge is 0.339 e. The Labute approximate surface area is 167 Å². The van der Waals surface area contributed by atoms with Gasteiger partial charge in [-0.1, -0.05) is 29.8 Å². The van der Waals surface area contributed by atoms with Crippen LogP contribution in [-0.4, -0.2) is 48.8 Å². The zero-order chi connectivity index (χ0) is 20.3. The van der Waals surface area contributed by atoms with E-state index >= 15 is 0 Å². The number of amides is 2. The van der Waals surface area contributed by atoms with Crippen molar-refractivity contribution in [1.82, 2.24) is 9.80 Å². The van der Waals surface area contributed by atoms with Crippen molar-refractivity contribution in [3.8, 4) is 0 Å². The van der Waals surface area contributed by atoms with Crippen molar-refractivity contribution in [2.75, 3.05) is 32.5 Å². The minimum absolute atomic E-state index is 0.0734. The molecule has 0 spiro atoms. The zero-order valence-corrected chi connectivity index (χ0v) is 17.2. The maximum absolute atomic E-state index is 13.0. The first-order valence-corrected chi connectivity index (χ1v) is 9.80. The summed E-state index contributed by atoms with van der Waals surface area (Å²) in [4.78, 5) is 29.4. The van der Waals surface area contributed by atoms with Gasteiger partial charge in [-0.2, -0.15) is 0 Å². The van der Waals surface area contributed by atoms with Gasteiger partial charge in [-0.25, -0.2) is 0 Å². The first-order valence-electron chi connectivity index (χ1n) is 9.80. The number of likely N-dealkylation sites (tertiary alicyclic amines) is 1. The van der Waals surface area contributed by atoms with E-state index in [1.165, 1.54) is 0 Å². The highest BCUT2D eigenvalue weighted by molar-refractivity contribution is 5.98. The van der Waals surface area contributed by atoms with E-state index in [0.29, 0.717) is 5.56 Å². The molecule has 1 N–H and O–H groups in total. The Hall–Kier alpha value is -2.66. The molecule has 0 aromatic heterocycles. The van der Waals surface area contributed by atoms with Gasteiger partial charge in [0.15, 0.2) is 0 Å². The Kier molecular flexibility index (Phi) is 6.15. The molecule has 1 fully saturated rings. The molecule has 28 heavy (non-hydrogen) atoms. The van der Waals surface area contributed by atoms with Crippen LogP contribution < -0.4 is 5.32 Å². The van der Waals surface area contributed by atoms with Crippen molar-refractivity contribution in [3.05, 3.63) is 64.7 Å². The van der Waals surface area contributed by atoms with E-state index in [-0.39, 0.29) is 17.9 Å². The maximum Gasteiger partial charge on any atom is 0.253 e. The fourth-order valence-corrected chi connectivity index (χ4v) is 3.67. The van der Waals surface area contributed by atoms with Crippen LogP contribution in [0.3, 0.4) is 0 Å². The molecule has 2 aromatic rings. The van der Waals surface area contributed by atoms with E-state index in [0.717, 1.165) is 48.3 Å². The topological polar surface area (TPSA) is 52.7 Å². The third-order valence-electron chi connectivity index (χ3n) is 5.28. The second kappa shape index (κ2) is 8.57. The number of aryl methyl sites for hydroxylation is 2. The summed E-state index contributed by atoms with van der Waals surface area (Å²) in [5.74, 6) is -0.0140. The van der Waals surface area contributed by atoms with Gasteiger partial charge in [-0.3, -0.25) is 14.5 Å². The number of benzene rings is 2. The standard InChI is InChI=1S/C23H29N3O2/c1-16-7-9-18(10-8-16)21(25(3)4)22(27)24-20-12-11-19(15-17(20)2)23(28)26-13-5-6-14-26/h7-12,15,21H,5-6,13-14H2,1-4H3,(H,24,27). The summed E-state index contributed by atoms with van der Waals surface area (Å²) in [6, 6.07) is 13.1. The summed E-state index contributed by atoms with van der Waals surface area (Å²) in [7, 11) is 3.80. The van der Waals surface area contributed by atoms with Crippen molar-refractivity contribution >= 4 is 17.5 Å². The highest BCUT2D eigenvalue weighted by Gasteiger charge is 2.24. The third kappa shape index (κ3) is 4.42. The number of carbonyl (C=O) groups is 2. The molecular weight excluding hydrogens is 350 g/mol. The van der Waals surface area contributed by atoms with Gasteiger partial charge >= 0.3 is 0 Å². The van der Waals surface area contributed by atoms with Gasteiger partial charge < -0.3 is 10.2 Å². The van der Waals surface area contributed by atoms with Crippen LogP contribution in [0.2, 0.25) is 0 Å². The fraction of sp³-hybridized carbons (Fsp3) is 0.391. The molecular formula is C23H29N3O2. The van der Waals surface area contributed by atoms with Crippen LogP contribution >= 0.6 is 0 Å². The number of nitrogens with one attached hydrogen (secondary N) is 1. The lowest BCUT2D eigenvalue weighted by atomic mass is 10.0. The molecule has 3 rings (SSSR count). The minimum atomic E-state index is -0.383. The molecule has 1 aliphatic heterocycles. The number of rotatable bonds is 5. The van der Waals surface area contributed by atoms with E-state index in [9.17, 15) is 9.59 Å². The van der Waals surface area contributed by atoms with E-state index in [4.69, 9.17) is 0 Å². The lowest BCUT2D eigenvalue weighted by Crippen LogP contribution is -2.32. The molecule has 148 valence electrons. The smallest absolute Gasteiger partial charge is 0.253 e. The maximum atomic E-state index is 13.0. The number of likely N-dealkylation sites (N-methyl/N-ethyl adjacent to an activating group) is 1. The minimum Gasteiger partial charge on any atom is -0.339 e. The molecule has 0 saturated carbocycles. The zero-order valence-electron chi connectivity index (χ0n) is 17.2. The predicted octanol–water partition coefficient (Wildman–Crippen LogP) is 3.78. The second-order valence-electron chi connectivity index (χ2n) is 7.80. The van der Waals surface area contributed by atoms with Crippen LogP contribution in [0.4, 0.5) is 5.69 Å². The van der Waals surface area contributed by atoms with Crippen molar-refractivity contribution < 1.29 is 9.59 Å². The van der Waals surface area contributed by atoms with Gasteiger partial charge in [0.1, 0.15) is 6.04 Å². The molecule has 0 radical (unpaired) electrons. The molecule has 2 amide bonds. The van der Waals surface area contributed by atoms with Gasteiger partial charge in [0.25, 0.3) is 5.91 Å². The number of nitrogens with zero attached hydrogens (tertiary/aromatic N) is 2. The van der Waals surface area contributed by atoms with Crippen LogP contribution in [-0.2, 0) is 4.79 Å². The van der Waals surface area contributed by atoms with Crippen LogP contribution in [0.15, 0.2) is 42.5 Å². The summed E-state index contributed by atoms with van der Waals surface area (Å²) in [6.45, 7) is 5.62. The SMILES string of the molecule is Cc1ccc(C(C(=O)Nc2ccc(C(=O)N3CCCC3)cc2C)N(C)C)cc1. The van der Waals surface area contributed by atoms with Crippen LogP contribution in [0.5, 0.6) is 0 Å². The molecule has 2 aromatic carbocycles. The number of hydrogen-bond donors (Lipinski definition) is 1. The predicted molar refractivity (Wildman–Crippen MR) is 113 cm³/mol. The first-order chi connectivity index (χ1) is 13.4. The average Bonchev–Trinajstić information content (AvgIpc) is 3.19. The van der Waals surface area contributed by atoms with Crippen LogP contribution in [0.25, 0.3) is 0 Å². The summed E-state index contributed by atoms with van der Waals surface area (Å²) in [5.41, 5.74) is 4.42. The van der Waals surface area contributed by atoms with Gasteiger partial charge in [0.2, 0.25) is 5.91 Å². The number of carbonyl (C=O) groups excluding carboxylic acids is 2. The van der Waals surface area contributed by atoms with Gasteiger partial charge in [-0.05, 0) is 70.1 Å². The fourth-order valence-electron chi connectivity index (χ4n) is 3.67. The van der Waals surface area contributed by atoms with E-state index in [2.05, 4.69) is 5.32 Å². The van der Waals surface area contributed by atoms with E-state index in [1.807, 2.05) is 74.1 Å². The first kappa shape index (κ1) is 20.1. The molecule has 0 aliphatic carbocycles. The molecule has 1 aliphatic rings. The monoisotopic (exact) mass is 379 g/mol. The van der Waals surface area contributed by atoms with Gasteiger partial charge in [0, 0.05) is 24.3 Å². The molecule has 1 saturated heterocycles. The summed E-state index contributed by atoms with van der Waals surface area (Å²) >= 11 is 0. The Morgan fingerprint density at radius 1 is 1.00 bits per heavy atom. The van der Waals surface area contributed by atoms with Crippen molar-refractivity contribution in [3.63, 3.8) is 0 Å². The molecule has 5 nitrogen and oxygen atoms in total. The normalized spacial score (nSPS) is 15.0. The Bertz CT molecular complexity index is 853. The van der Waals surface area contributed by atoms with Crippen molar-refractivity contribution in [2.45, 2.75) is 32.7 Å². The van der Waals surface area contributed by atoms with Crippen molar-refractivity contribution in [1.29, 1.82) is 0 Å². The van der Waals surface area contributed by atoms with Crippen molar-refractivity contribution in [2.24, 2.45) is 0 Å². The van der Waals surface area contributed by atoms with E-state index in [1.54, 1.807) is 6.07 Å². The van der Waals surface area contributed by atoms with E-state index < -0.39 is 0 Å². The Balaban J connectivity index is 1.76. The summed E-state index contributed by atoms with van der Waals surface area (Å²) < 4.78 is 0. The van der Waals surface area contributed by atoms with Gasteiger partial charge in [-0.15, -0.1) is 0 Å². The van der Waals surface area contributed by atoms with Crippen LogP contribution in [0.1, 0.15) is 45.9 Å². The lowest BCUT2D eigenvalue weighted by Gasteiger charge is -2.24. The quantitative estimate of drug-likeness (QED) is 0.860. The molecule has 5 heteroatoms. The average molecular weight is 380 g/mol. The Morgan fingerprint density at radius 2 is 1.64 bits per heavy atom. The highest BCUT2D eigenvalue weighted by atomic mass is 16.2. The summed E-state index contributed by atoms with van der Waals surface area (Å²) in [5, 5.41) is 3.03. The molecule has 1 unspecified atom stereocenters. The summed E-state index contributed by atoms with van der Waals surface area (Å²) in [6.07, 6.45) is 2.15. The molecule has 1 atom stereocenters. The third-order valence-corrected chi connectivity index (χ3v) is 5.28. The number of anilines is 1.